The molecule has 2 heterocycles. The fraction of sp³-hybridized carbons (Fsp3) is 0.250. The van der Waals surface area contributed by atoms with Crippen LogP contribution in [0.5, 0.6) is 5.75 Å². The van der Waals surface area contributed by atoms with Crippen molar-refractivity contribution in [3.05, 3.63) is 42.1 Å². The van der Waals surface area contributed by atoms with Gasteiger partial charge < -0.3 is 10.5 Å². The molecule has 0 atom stereocenters. The number of rotatable bonds is 4. The minimum Gasteiger partial charge on any atom is -0.491 e. The van der Waals surface area contributed by atoms with Crippen LogP contribution in [0.25, 0.3) is 17.0 Å². The third-order valence-corrected chi connectivity index (χ3v) is 3.30. The van der Waals surface area contributed by atoms with E-state index in [0.717, 1.165) is 29.0 Å². The Labute approximate surface area is 123 Å². The molecule has 0 fully saturated rings. The molecule has 3 aromatic rings. The Morgan fingerprint density at radius 3 is 2.81 bits per heavy atom. The molecule has 0 unspecified atom stereocenters. The van der Waals surface area contributed by atoms with Crippen molar-refractivity contribution in [3.8, 4) is 17.1 Å². The number of pyridine rings is 1. The normalized spacial score (nSPS) is 11.0. The fourth-order valence-corrected chi connectivity index (χ4v) is 2.22. The Bertz CT molecular complexity index is 779. The van der Waals surface area contributed by atoms with E-state index in [0.29, 0.717) is 18.0 Å². The molecule has 21 heavy (non-hydrogen) atoms. The van der Waals surface area contributed by atoms with Crippen molar-refractivity contribution in [3.63, 3.8) is 0 Å². The Hall–Kier alpha value is -2.56. The molecule has 1 aromatic carbocycles. The van der Waals surface area contributed by atoms with Crippen LogP contribution in [0.15, 0.2) is 36.5 Å². The van der Waals surface area contributed by atoms with E-state index < -0.39 is 0 Å². The van der Waals surface area contributed by atoms with Crippen molar-refractivity contribution >= 4 is 11.3 Å². The summed E-state index contributed by atoms with van der Waals surface area (Å²) in [6.07, 6.45) is 2.92. The van der Waals surface area contributed by atoms with Crippen molar-refractivity contribution < 1.29 is 4.74 Å². The molecular formula is C16H18N4O. The first-order valence-corrected chi connectivity index (χ1v) is 7.03. The van der Waals surface area contributed by atoms with Gasteiger partial charge in [-0.25, -0.2) is 0 Å². The molecule has 108 valence electrons. The molecule has 0 radical (unpaired) electrons. The van der Waals surface area contributed by atoms with Crippen LogP contribution in [-0.2, 0) is 0 Å². The highest BCUT2D eigenvalue weighted by molar-refractivity contribution is 5.68. The summed E-state index contributed by atoms with van der Waals surface area (Å²) in [6.45, 7) is 4.76. The Morgan fingerprint density at radius 2 is 2.05 bits per heavy atom. The number of fused-ring (bicyclic) bond motifs is 1. The second-order valence-corrected chi connectivity index (χ2v) is 5.06. The summed E-state index contributed by atoms with van der Waals surface area (Å²) in [5, 5.41) is 8.45. The maximum absolute atomic E-state index is 6.05. The predicted molar refractivity (Wildman–Crippen MR) is 83.4 cm³/mol. The molecule has 0 aliphatic heterocycles. The first kappa shape index (κ1) is 13.4. The van der Waals surface area contributed by atoms with Crippen LogP contribution in [0.4, 0.5) is 5.69 Å². The zero-order chi connectivity index (χ0) is 14.8. The minimum atomic E-state index is 0.616. The number of ether oxygens (including phenoxy) is 1. The Balaban J connectivity index is 2.01. The van der Waals surface area contributed by atoms with Gasteiger partial charge in [-0.3, -0.25) is 4.40 Å². The molecule has 0 aliphatic rings. The topological polar surface area (TPSA) is 65.4 Å². The van der Waals surface area contributed by atoms with E-state index in [-0.39, 0.29) is 0 Å². The smallest absolute Gasteiger partial charge is 0.168 e. The number of hydrogen-bond acceptors (Lipinski definition) is 4. The lowest BCUT2D eigenvalue weighted by atomic mass is 10.1. The van der Waals surface area contributed by atoms with E-state index in [4.69, 9.17) is 10.5 Å². The third kappa shape index (κ3) is 2.54. The van der Waals surface area contributed by atoms with Crippen LogP contribution >= 0.6 is 0 Å². The molecule has 0 spiro atoms. The largest absolute Gasteiger partial charge is 0.491 e. The summed E-state index contributed by atoms with van der Waals surface area (Å²) in [6, 6.07) is 9.75. The first-order chi connectivity index (χ1) is 10.2. The molecule has 3 rings (SSSR count). The Kier molecular flexibility index (Phi) is 3.48. The van der Waals surface area contributed by atoms with Gasteiger partial charge in [-0.1, -0.05) is 6.92 Å². The van der Waals surface area contributed by atoms with Crippen molar-refractivity contribution in [2.45, 2.75) is 20.3 Å². The highest BCUT2D eigenvalue weighted by Crippen LogP contribution is 2.28. The first-order valence-electron chi connectivity index (χ1n) is 7.03. The van der Waals surface area contributed by atoms with Gasteiger partial charge in [-0.15, -0.1) is 10.2 Å². The second-order valence-electron chi connectivity index (χ2n) is 5.06. The lowest BCUT2D eigenvalue weighted by Crippen LogP contribution is -1.99. The molecule has 5 nitrogen and oxygen atoms in total. The van der Waals surface area contributed by atoms with Gasteiger partial charge in [0.25, 0.3) is 0 Å². The van der Waals surface area contributed by atoms with E-state index in [9.17, 15) is 0 Å². The van der Waals surface area contributed by atoms with Crippen molar-refractivity contribution in [1.82, 2.24) is 14.6 Å². The average Bonchev–Trinajstić information content (AvgIpc) is 2.88. The van der Waals surface area contributed by atoms with Crippen LogP contribution < -0.4 is 10.5 Å². The van der Waals surface area contributed by atoms with Gasteiger partial charge in [0.05, 0.1) is 12.3 Å². The maximum Gasteiger partial charge on any atom is 0.168 e. The molecule has 0 saturated carbocycles. The van der Waals surface area contributed by atoms with Gasteiger partial charge >= 0.3 is 0 Å². The quantitative estimate of drug-likeness (QED) is 0.747. The van der Waals surface area contributed by atoms with Crippen LogP contribution in [0.1, 0.15) is 18.9 Å². The number of benzene rings is 1. The van der Waals surface area contributed by atoms with Gasteiger partial charge in [-0.2, -0.15) is 0 Å². The molecule has 5 heteroatoms. The Morgan fingerprint density at radius 1 is 1.19 bits per heavy atom. The van der Waals surface area contributed by atoms with Crippen LogP contribution in [0, 0.1) is 6.92 Å². The highest BCUT2D eigenvalue weighted by Gasteiger charge is 2.10. The molecule has 0 bridgehead atoms. The lowest BCUT2D eigenvalue weighted by molar-refractivity contribution is 0.319. The number of nitrogen functional groups attached to an aromatic ring is 1. The van der Waals surface area contributed by atoms with Crippen LogP contribution in [-0.4, -0.2) is 21.2 Å². The third-order valence-electron chi connectivity index (χ3n) is 3.30. The summed E-state index contributed by atoms with van der Waals surface area (Å²) >= 11 is 0. The number of aryl methyl sites for hydroxylation is 1. The van der Waals surface area contributed by atoms with E-state index in [1.807, 2.05) is 47.9 Å². The number of nitrogens with zero attached hydrogens (tertiary/aromatic N) is 3. The van der Waals surface area contributed by atoms with Gasteiger partial charge in [-0.05, 0) is 49.2 Å². The van der Waals surface area contributed by atoms with Gasteiger partial charge in [0.1, 0.15) is 5.75 Å². The SMILES string of the molecule is CCCOc1ccc(-c2nnc3cc(C)ccn23)cc1N. The average molecular weight is 282 g/mol. The number of nitrogens with two attached hydrogens (primary N) is 1. The highest BCUT2D eigenvalue weighted by atomic mass is 16.5. The maximum atomic E-state index is 6.05. The van der Waals surface area contributed by atoms with Gasteiger partial charge in [0.15, 0.2) is 11.5 Å². The van der Waals surface area contributed by atoms with E-state index in [1.54, 1.807) is 0 Å². The zero-order valence-corrected chi connectivity index (χ0v) is 12.2. The van der Waals surface area contributed by atoms with Gasteiger partial charge in [0.2, 0.25) is 0 Å². The summed E-state index contributed by atoms with van der Waals surface area (Å²) < 4.78 is 7.55. The summed E-state index contributed by atoms with van der Waals surface area (Å²) in [5.41, 5.74) is 9.58. The summed E-state index contributed by atoms with van der Waals surface area (Å²) in [4.78, 5) is 0. The molecule has 2 N–H and O–H groups in total. The van der Waals surface area contributed by atoms with E-state index >= 15 is 0 Å². The molecular weight excluding hydrogens is 264 g/mol. The van der Waals surface area contributed by atoms with Crippen molar-refractivity contribution in [1.29, 1.82) is 0 Å². The molecule has 2 aromatic heterocycles. The van der Waals surface area contributed by atoms with E-state index in [1.165, 1.54) is 0 Å². The van der Waals surface area contributed by atoms with Gasteiger partial charge in [0, 0.05) is 11.8 Å². The minimum absolute atomic E-state index is 0.616. The standard InChI is InChI=1S/C16H18N4O/c1-3-8-21-14-5-4-12(10-13(14)17)16-19-18-15-9-11(2)6-7-20(15)16/h4-7,9-10H,3,8,17H2,1-2H3. The zero-order valence-electron chi connectivity index (χ0n) is 12.2. The number of anilines is 1. The summed E-state index contributed by atoms with van der Waals surface area (Å²) in [7, 11) is 0. The monoisotopic (exact) mass is 282 g/mol. The predicted octanol–water partition coefficient (Wildman–Crippen LogP) is 3.08. The van der Waals surface area contributed by atoms with E-state index in [2.05, 4.69) is 17.1 Å². The lowest BCUT2D eigenvalue weighted by Gasteiger charge is -2.09. The summed E-state index contributed by atoms with van der Waals surface area (Å²) in [5.74, 6) is 1.49. The molecule has 0 aliphatic carbocycles. The molecule has 0 saturated heterocycles. The van der Waals surface area contributed by atoms with Crippen LogP contribution in [0.2, 0.25) is 0 Å². The number of hydrogen-bond donors (Lipinski definition) is 1. The van der Waals surface area contributed by atoms with Crippen molar-refractivity contribution in [2.75, 3.05) is 12.3 Å². The van der Waals surface area contributed by atoms with Crippen LogP contribution in [0.3, 0.4) is 0 Å². The second kappa shape index (κ2) is 5.44. The van der Waals surface area contributed by atoms with Crippen molar-refractivity contribution in [2.24, 2.45) is 0 Å². The fourth-order valence-electron chi connectivity index (χ4n) is 2.22. The number of aromatic nitrogens is 3. The molecule has 0 amide bonds.